The van der Waals surface area contributed by atoms with Gasteiger partial charge in [-0.3, -0.25) is 4.79 Å². The molecule has 4 nitrogen and oxygen atoms in total. The smallest absolute Gasteiger partial charge is 0.251 e. The fraction of sp³-hybridized carbons (Fsp3) is 0.364. The molecule has 1 aromatic rings. The van der Waals surface area contributed by atoms with E-state index in [4.69, 9.17) is 16.3 Å². The van der Waals surface area contributed by atoms with Gasteiger partial charge < -0.3 is 15.2 Å². The van der Waals surface area contributed by atoms with E-state index in [1.54, 1.807) is 19.2 Å². The largest absolute Gasteiger partial charge is 0.507 e. The number of benzene rings is 1. The Morgan fingerprint density at radius 1 is 1.65 bits per heavy atom. The van der Waals surface area contributed by atoms with Gasteiger partial charge in [-0.05, 0) is 40.8 Å². The minimum absolute atomic E-state index is 0.0950. The average molecular weight is 370 g/mol. The van der Waals surface area contributed by atoms with Crippen molar-refractivity contribution in [1.82, 2.24) is 5.32 Å². The summed E-state index contributed by atoms with van der Waals surface area (Å²) >= 11 is 7.87. The Bertz CT molecular complexity index is 400. The quantitative estimate of drug-likeness (QED) is 0.616. The number of methoxy groups -OCH3 is 1. The van der Waals surface area contributed by atoms with Crippen LogP contribution in [0.2, 0.25) is 0 Å². The number of amides is 1. The molecule has 0 spiro atoms. The third-order valence-corrected chi connectivity index (χ3v) is 3.23. The number of carbonyl (C=O) groups is 1. The van der Waals surface area contributed by atoms with Crippen molar-refractivity contribution < 1.29 is 14.6 Å². The number of hydrogen-bond acceptors (Lipinski definition) is 3. The zero-order valence-corrected chi connectivity index (χ0v) is 12.2. The predicted molar refractivity (Wildman–Crippen MR) is 74.7 cm³/mol. The van der Waals surface area contributed by atoms with Gasteiger partial charge in [-0.2, -0.15) is 0 Å². The zero-order chi connectivity index (χ0) is 12.8. The third-order valence-electron chi connectivity index (χ3n) is 2.04. The number of carbonyl (C=O) groups excluding carboxylic acids is 1. The highest BCUT2D eigenvalue weighted by Gasteiger charge is 2.10. The van der Waals surface area contributed by atoms with Crippen LogP contribution in [0.25, 0.3) is 0 Å². The fourth-order valence-corrected chi connectivity index (χ4v) is 1.74. The van der Waals surface area contributed by atoms with Crippen molar-refractivity contribution in [2.75, 3.05) is 20.3 Å². The minimum Gasteiger partial charge on any atom is -0.507 e. The summed E-state index contributed by atoms with van der Waals surface area (Å²) < 4.78 is 5.55. The summed E-state index contributed by atoms with van der Waals surface area (Å²) in [6, 6.07) is 4.76. The standard InChI is InChI=1S/C11H13ClINO3/c1-17-6-8(12)5-14-11(16)7-2-3-9(13)10(15)4-7/h2-4,8,15H,5-6H2,1H3,(H,14,16). The van der Waals surface area contributed by atoms with Crippen LogP contribution in [0.3, 0.4) is 0 Å². The highest BCUT2D eigenvalue weighted by molar-refractivity contribution is 14.1. The van der Waals surface area contributed by atoms with Crippen molar-refractivity contribution >= 4 is 40.1 Å². The molecule has 0 aromatic heterocycles. The van der Waals surface area contributed by atoms with Crippen molar-refractivity contribution in [1.29, 1.82) is 0 Å². The normalized spacial score (nSPS) is 12.2. The molecule has 1 aromatic carbocycles. The van der Waals surface area contributed by atoms with Crippen molar-refractivity contribution in [3.05, 3.63) is 27.3 Å². The Morgan fingerprint density at radius 2 is 2.35 bits per heavy atom. The lowest BCUT2D eigenvalue weighted by molar-refractivity contribution is 0.0949. The summed E-state index contributed by atoms with van der Waals surface area (Å²) in [7, 11) is 1.55. The second kappa shape index (κ2) is 7.03. The zero-order valence-electron chi connectivity index (χ0n) is 9.24. The molecule has 0 fully saturated rings. The van der Waals surface area contributed by atoms with Gasteiger partial charge in [0.25, 0.3) is 5.91 Å². The van der Waals surface area contributed by atoms with Crippen LogP contribution in [0.1, 0.15) is 10.4 Å². The first-order valence-corrected chi connectivity index (χ1v) is 6.46. The van der Waals surface area contributed by atoms with Crippen LogP contribution in [-0.2, 0) is 4.74 Å². The number of phenols is 1. The molecule has 0 bridgehead atoms. The van der Waals surface area contributed by atoms with E-state index in [1.807, 2.05) is 22.6 Å². The van der Waals surface area contributed by atoms with Crippen LogP contribution in [0.15, 0.2) is 18.2 Å². The molecule has 0 radical (unpaired) electrons. The molecule has 2 N–H and O–H groups in total. The van der Waals surface area contributed by atoms with E-state index >= 15 is 0 Å². The number of alkyl halides is 1. The molecule has 1 unspecified atom stereocenters. The number of ether oxygens (including phenoxy) is 1. The molecule has 1 rings (SSSR count). The van der Waals surface area contributed by atoms with E-state index < -0.39 is 0 Å². The van der Waals surface area contributed by atoms with E-state index in [0.717, 1.165) is 0 Å². The van der Waals surface area contributed by atoms with Crippen molar-refractivity contribution in [2.24, 2.45) is 0 Å². The summed E-state index contributed by atoms with van der Waals surface area (Å²) in [4.78, 5) is 11.7. The first-order valence-electron chi connectivity index (χ1n) is 4.94. The van der Waals surface area contributed by atoms with Crippen molar-refractivity contribution in [2.45, 2.75) is 5.38 Å². The van der Waals surface area contributed by atoms with Gasteiger partial charge in [-0.15, -0.1) is 11.6 Å². The Kier molecular flexibility index (Phi) is 6.01. The second-order valence-corrected chi connectivity index (χ2v) is 5.21. The van der Waals surface area contributed by atoms with E-state index in [1.165, 1.54) is 6.07 Å². The van der Waals surface area contributed by atoms with Gasteiger partial charge in [-0.1, -0.05) is 0 Å². The maximum atomic E-state index is 11.7. The average Bonchev–Trinajstić information content (AvgIpc) is 2.30. The van der Waals surface area contributed by atoms with Crippen LogP contribution < -0.4 is 5.32 Å². The predicted octanol–water partition coefficient (Wildman–Crippen LogP) is 1.98. The van der Waals surface area contributed by atoms with E-state index in [-0.39, 0.29) is 17.0 Å². The Labute approximate surface area is 118 Å². The highest BCUT2D eigenvalue weighted by Crippen LogP contribution is 2.20. The Morgan fingerprint density at radius 3 is 2.94 bits per heavy atom. The van der Waals surface area contributed by atoms with Gasteiger partial charge in [0.05, 0.1) is 15.6 Å². The van der Waals surface area contributed by atoms with E-state index in [9.17, 15) is 9.90 Å². The van der Waals surface area contributed by atoms with Crippen molar-refractivity contribution in [3.63, 3.8) is 0 Å². The number of halogens is 2. The molecule has 0 aliphatic rings. The molecule has 17 heavy (non-hydrogen) atoms. The summed E-state index contributed by atoms with van der Waals surface area (Å²) in [5, 5.41) is 11.9. The monoisotopic (exact) mass is 369 g/mol. The lowest BCUT2D eigenvalue weighted by atomic mass is 10.2. The molecule has 94 valence electrons. The van der Waals surface area contributed by atoms with E-state index in [2.05, 4.69) is 5.32 Å². The maximum absolute atomic E-state index is 11.7. The third kappa shape index (κ3) is 4.69. The SMILES string of the molecule is COCC(Cl)CNC(=O)c1ccc(I)c(O)c1. The topological polar surface area (TPSA) is 58.6 Å². The number of aromatic hydroxyl groups is 1. The lowest BCUT2D eigenvalue weighted by Crippen LogP contribution is -2.31. The van der Waals surface area contributed by atoms with E-state index in [0.29, 0.717) is 22.3 Å². The second-order valence-electron chi connectivity index (χ2n) is 3.43. The molecule has 0 heterocycles. The first-order chi connectivity index (χ1) is 8.04. The molecule has 1 amide bonds. The van der Waals surface area contributed by atoms with Gasteiger partial charge >= 0.3 is 0 Å². The molecule has 0 saturated carbocycles. The molecular formula is C11H13ClINO3. The molecule has 0 aliphatic carbocycles. The van der Waals surface area contributed by atoms with Crippen LogP contribution >= 0.6 is 34.2 Å². The summed E-state index contributed by atoms with van der Waals surface area (Å²) in [5.74, 6) is -0.170. The fourth-order valence-electron chi connectivity index (χ4n) is 1.20. The van der Waals surface area contributed by atoms with Gasteiger partial charge in [0.15, 0.2) is 0 Å². The van der Waals surface area contributed by atoms with Crippen LogP contribution in [0.5, 0.6) is 5.75 Å². The van der Waals surface area contributed by atoms with Crippen LogP contribution in [-0.4, -0.2) is 36.7 Å². The van der Waals surface area contributed by atoms with Gasteiger partial charge in [0.1, 0.15) is 5.75 Å². The van der Waals surface area contributed by atoms with Gasteiger partial charge in [0.2, 0.25) is 0 Å². The number of hydrogen-bond donors (Lipinski definition) is 2. The summed E-state index contributed by atoms with van der Waals surface area (Å²) in [6.45, 7) is 0.695. The highest BCUT2D eigenvalue weighted by atomic mass is 127. The van der Waals surface area contributed by atoms with Crippen LogP contribution in [0, 0.1) is 3.57 Å². The minimum atomic E-state index is -0.265. The molecule has 6 heteroatoms. The maximum Gasteiger partial charge on any atom is 0.251 e. The molecule has 0 aliphatic heterocycles. The summed E-state index contributed by atoms with van der Waals surface area (Å²) in [6.07, 6.45) is 0. The van der Waals surface area contributed by atoms with Gasteiger partial charge in [0, 0.05) is 19.2 Å². The number of nitrogens with one attached hydrogen (secondary N) is 1. The van der Waals surface area contributed by atoms with Gasteiger partial charge in [-0.25, -0.2) is 0 Å². The molecule has 1 atom stereocenters. The number of phenolic OH excluding ortho intramolecular Hbond substituents is 1. The first kappa shape index (κ1) is 14.5. The Balaban J connectivity index is 2.55. The molecular weight excluding hydrogens is 356 g/mol. The van der Waals surface area contributed by atoms with Crippen molar-refractivity contribution in [3.8, 4) is 5.75 Å². The summed E-state index contributed by atoms with van der Waals surface area (Å²) in [5.41, 5.74) is 0.407. The van der Waals surface area contributed by atoms with Crippen LogP contribution in [0.4, 0.5) is 0 Å². The number of rotatable bonds is 5. The Hall–Kier alpha value is -0.530. The molecule has 0 saturated heterocycles. The lowest BCUT2D eigenvalue weighted by Gasteiger charge is -2.10.